The van der Waals surface area contributed by atoms with Gasteiger partial charge in [0.15, 0.2) is 9.84 Å². The first-order valence-electron chi connectivity index (χ1n) is 14.6. The first-order chi connectivity index (χ1) is 21.4. The molecule has 254 valence electrons. The van der Waals surface area contributed by atoms with Crippen LogP contribution in [-0.2, 0) is 45.2 Å². The fourth-order valence-corrected chi connectivity index (χ4v) is 5.14. The van der Waals surface area contributed by atoms with Crippen LogP contribution in [0.25, 0.3) is 0 Å². The van der Waals surface area contributed by atoms with Gasteiger partial charge in [0.2, 0.25) is 17.7 Å². The molecule has 0 spiro atoms. The number of nitrogens with one attached hydrogen (secondary N) is 3. The van der Waals surface area contributed by atoms with Gasteiger partial charge >= 0.3 is 18.0 Å². The maximum atomic E-state index is 13.9. The Morgan fingerprint density at radius 1 is 1.02 bits per heavy atom. The van der Waals surface area contributed by atoms with Crippen molar-refractivity contribution in [2.24, 2.45) is 5.41 Å². The first-order valence-corrected chi connectivity index (χ1v) is 16.5. The number of hydrogen-bond donors (Lipinski definition) is 5. The maximum absolute atomic E-state index is 13.9. The summed E-state index contributed by atoms with van der Waals surface area (Å²) in [6.45, 7) is 5.00. The van der Waals surface area contributed by atoms with Gasteiger partial charge in [-0.1, -0.05) is 57.2 Å². The number of benzene rings is 1. The van der Waals surface area contributed by atoms with Gasteiger partial charge in [0.05, 0.1) is 6.42 Å². The van der Waals surface area contributed by atoms with E-state index in [9.17, 15) is 42.3 Å². The van der Waals surface area contributed by atoms with Crippen molar-refractivity contribution in [1.82, 2.24) is 20.9 Å². The zero-order valence-electron chi connectivity index (χ0n) is 26.2. The van der Waals surface area contributed by atoms with Gasteiger partial charge in [0, 0.05) is 30.7 Å². The summed E-state index contributed by atoms with van der Waals surface area (Å²) < 4.78 is 28.3. The van der Waals surface area contributed by atoms with E-state index in [1.54, 1.807) is 51.1 Å². The molecule has 1 fully saturated rings. The molecule has 4 atom stereocenters. The second-order valence-electron chi connectivity index (χ2n) is 12.1. The predicted molar refractivity (Wildman–Crippen MR) is 165 cm³/mol. The summed E-state index contributed by atoms with van der Waals surface area (Å²) in [6, 6.07) is 3.89. The Bertz CT molecular complexity index is 1410. The Hall–Kier alpha value is -4.47. The van der Waals surface area contributed by atoms with Gasteiger partial charge in [-0.05, 0) is 30.2 Å². The molecule has 1 saturated heterocycles. The summed E-state index contributed by atoms with van der Waals surface area (Å²) in [5.41, 5.74) is -0.265. The van der Waals surface area contributed by atoms with Crippen molar-refractivity contribution in [3.63, 3.8) is 0 Å². The maximum Gasteiger partial charge on any atom is 0.408 e. The van der Waals surface area contributed by atoms with E-state index in [0.29, 0.717) is 12.0 Å². The minimum absolute atomic E-state index is 0.0970. The average molecular weight is 667 g/mol. The van der Waals surface area contributed by atoms with Crippen LogP contribution < -0.4 is 16.0 Å². The highest BCUT2D eigenvalue weighted by molar-refractivity contribution is 7.93. The van der Waals surface area contributed by atoms with Crippen molar-refractivity contribution in [2.75, 3.05) is 12.8 Å². The van der Waals surface area contributed by atoms with Crippen molar-refractivity contribution in [3.05, 3.63) is 47.4 Å². The monoisotopic (exact) mass is 666 g/mol. The highest BCUT2D eigenvalue weighted by atomic mass is 32.2. The molecule has 1 aliphatic heterocycles. The van der Waals surface area contributed by atoms with Crippen LogP contribution in [0.2, 0.25) is 0 Å². The third-order valence-electron chi connectivity index (χ3n) is 6.99. The Morgan fingerprint density at radius 2 is 1.67 bits per heavy atom. The van der Waals surface area contributed by atoms with Crippen LogP contribution in [-0.4, -0.2) is 96.3 Å². The third-order valence-corrected chi connectivity index (χ3v) is 7.64. The van der Waals surface area contributed by atoms with E-state index in [1.165, 1.54) is 11.0 Å². The number of amides is 4. The molecule has 1 aromatic rings. The number of rotatable bonds is 15. The second-order valence-corrected chi connectivity index (χ2v) is 14.0. The number of nitrogens with zero attached hydrogens (tertiary/aromatic N) is 1. The number of carbonyl (C=O) groups excluding carboxylic acids is 4. The van der Waals surface area contributed by atoms with Gasteiger partial charge in [0.1, 0.15) is 24.7 Å². The highest BCUT2D eigenvalue weighted by Gasteiger charge is 2.43. The first kappa shape index (κ1) is 37.7. The number of likely N-dealkylation sites (tertiary alicyclic amines) is 1. The highest BCUT2D eigenvalue weighted by Crippen LogP contribution is 2.26. The van der Waals surface area contributed by atoms with Crippen LogP contribution >= 0.6 is 0 Å². The minimum atomic E-state index is -3.57. The smallest absolute Gasteiger partial charge is 0.408 e. The summed E-state index contributed by atoms with van der Waals surface area (Å²) in [5, 5.41) is 26.7. The number of ether oxygens (including phenoxy) is 1. The molecule has 4 amide bonds. The van der Waals surface area contributed by atoms with E-state index in [0.717, 1.165) is 11.7 Å². The number of carbonyl (C=O) groups is 6. The minimum Gasteiger partial charge on any atom is -0.481 e. The molecule has 0 aromatic heterocycles. The molecule has 0 radical (unpaired) electrons. The van der Waals surface area contributed by atoms with Gasteiger partial charge in [0.25, 0.3) is 0 Å². The van der Waals surface area contributed by atoms with E-state index >= 15 is 0 Å². The van der Waals surface area contributed by atoms with Crippen LogP contribution in [0, 0.1) is 5.41 Å². The average Bonchev–Trinajstić information content (AvgIpc) is 3.45. The fraction of sp³-hybridized carbons (Fsp3) is 0.533. The van der Waals surface area contributed by atoms with Gasteiger partial charge < -0.3 is 35.8 Å². The number of aliphatic carboxylic acids is 2. The molecule has 2 rings (SSSR count). The molecule has 1 aromatic carbocycles. The van der Waals surface area contributed by atoms with Crippen LogP contribution in [0.1, 0.15) is 58.4 Å². The van der Waals surface area contributed by atoms with E-state index in [-0.39, 0.29) is 32.4 Å². The molecule has 0 bridgehead atoms. The van der Waals surface area contributed by atoms with Crippen molar-refractivity contribution >= 4 is 45.6 Å². The van der Waals surface area contributed by atoms with Crippen LogP contribution in [0.3, 0.4) is 0 Å². The molecule has 0 aliphatic carbocycles. The molecular formula is C30H42N4O11S. The quantitative estimate of drug-likeness (QED) is 0.179. The lowest BCUT2D eigenvalue weighted by Crippen LogP contribution is -2.60. The van der Waals surface area contributed by atoms with Gasteiger partial charge in [-0.3, -0.25) is 24.0 Å². The zero-order valence-corrected chi connectivity index (χ0v) is 27.0. The van der Waals surface area contributed by atoms with E-state index < -0.39 is 81.6 Å². The summed E-state index contributed by atoms with van der Waals surface area (Å²) >= 11 is 0. The molecule has 16 heteroatoms. The van der Waals surface area contributed by atoms with Crippen molar-refractivity contribution in [3.8, 4) is 0 Å². The Balaban J connectivity index is 2.20. The molecule has 15 nitrogen and oxygen atoms in total. The van der Waals surface area contributed by atoms with E-state index in [1.807, 2.05) is 0 Å². The predicted octanol–water partition coefficient (Wildman–Crippen LogP) is 1.19. The standard InChI is InChI=1S/C30H42N4O11S/c1-30(2,3)25(33-26(39)21(17-24(37)38)32-29(42)45-18-19-9-6-5-7-10-19)28(41)34-15-8-11-22(34)27(40)31-20(12-13-23(35)36)14-16-46(4,43)44/h5-7,9-10,14,16,20-22,25H,8,11-13,15,17-18H2,1-4H3,(H,31,40)(H,32,42)(H,33,39)(H,35,36)(H,37,38)/b16-14+/t20-,21-,22+,25-/m0/s1. The zero-order chi connectivity index (χ0) is 34.7. The van der Waals surface area contributed by atoms with Crippen LogP contribution in [0.5, 0.6) is 0 Å². The number of carboxylic acids is 2. The third kappa shape index (κ3) is 12.9. The Kier molecular flexibility index (Phi) is 13.7. The molecule has 46 heavy (non-hydrogen) atoms. The fourth-order valence-electron chi connectivity index (χ4n) is 4.66. The summed E-state index contributed by atoms with van der Waals surface area (Å²) in [7, 11) is -3.57. The SMILES string of the molecule is CC(C)(C)[C@@H](NC(=O)[C@H](CC(=O)O)NC(=O)OCc1ccccc1)C(=O)N1CCC[C@@H]1C(=O)N[C@H](/C=C/S(C)(=O)=O)CCC(=O)O. The van der Waals surface area contributed by atoms with Crippen LogP contribution in [0.15, 0.2) is 41.8 Å². The molecular weight excluding hydrogens is 624 g/mol. The lowest BCUT2D eigenvalue weighted by Gasteiger charge is -2.36. The van der Waals surface area contributed by atoms with Crippen molar-refractivity contribution in [2.45, 2.75) is 83.6 Å². The number of sulfone groups is 1. The lowest BCUT2D eigenvalue weighted by atomic mass is 9.85. The van der Waals surface area contributed by atoms with E-state index in [4.69, 9.17) is 9.84 Å². The van der Waals surface area contributed by atoms with Gasteiger partial charge in [-0.2, -0.15) is 0 Å². The summed E-state index contributed by atoms with van der Waals surface area (Å²) in [6.07, 6.45) is 0.519. The van der Waals surface area contributed by atoms with Crippen LogP contribution in [0.4, 0.5) is 4.79 Å². The normalized spacial score (nSPS) is 17.0. The molecule has 1 heterocycles. The van der Waals surface area contributed by atoms with E-state index in [2.05, 4.69) is 16.0 Å². The molecule has 0 saturated carbocycles. The lowest BCUT2D eigenvalue weighted by molar-refractivity contribution is -0.145. The Labute approximate surface area is 267 Å². The largest absolute Gasteiger partial charge is 0.481 e. The van der Waals surface area contributed by atoms with Gasteiger partial charge in [-0.25, -0.2) is 13.2 Å². The molecule has 0 unspecified atom stereocenters. The molecule has 1 aliphatic rings. The Morgan fingerprint density at radius 3 is 2.24 bits per heavy atom. The van der Waals surface area contributed by atoms with Crippen molar-refractivity contribution < 1.29 is 52.1 Å². The number of hydrogen-bond acceptors (Lipinski definition) is 9. The second kappa shape index (κ2) is 16.7. The number of carboxylic acid groups (broad SMARTS) is 2. The number of alkyl carbamates (subject to hydrolysis) is 1. The van der Waals surface area contributed by atoms with Crippen molar-refractivity contribution in [1.29, 1.82) is 0 Å². The topological polar surface area (TPSA) is 226 Å². The summed E-state index contributed by atoms with van der Waals surface area (Å²) in [5.74, 6) is -4.75. The summed E-state index contributed by atoms with van der Waals surface area (Å²) in [4.78, 5) is 76.8. The van der Waals surface area contributed by atoms with Gasteiger partial charge in [-0.15, -0.1) is 0 Å². The molecule has 5 N–H and O–H groups in total.